The molecule has 0 atom stereocenters. The Bertz CT molecular complexity index is 705. The van der Waals surface area contributed by atoms with E-state index in [0.29, 0.717) is 16.8 Å². The number of aryl methyl sites for hydroxylation is 1. The maximum atomic E-state index is 5.78. The van der Waals surface area contributed by atoms with Gasteiger partial charge in [0, 0.05) is 5.56 Å². The van der Waals surface area contributed by atoms with Crippen LogP contribution in [-0.2, 0) is 6.42 Å². The van der Waals surface area contributed by atoms with Crippen molar-refractivity contribution in [2.45, 2.75) is 19.8 Å². The van der Waals surface area contributed by atoms with E-state index in [9.17, 15) is 0 Å². The van der Waals surface area contributed by atoms with Crippen molar-refractivity contribution in [2.75, 3.05) is 5.73 Å². The second kappa shape index (κ2) is 5.42. The normalized spacial score (nSPS) is 10.8. The molecule has 2 N–H and O–H groups in total. The largest absolute Gasteiger partial charge is 0.375 e. The number of nitrogens with two attached hydrogens (primary N) is 1. The molecule has 3 aromatic rings. The van der Waals surface area contributed by atoms with Crippen molar-refractivity contribution in [3.05, 3.63) is 36.0 Å². The Morgan fingerprint density at radius 2 is 2.00 bits per heavy atom. The monoisotopic (exact) mass is 286 g/mol. The number of nitrogens with zero attached hydrogens (tertiary/aromatic N) is 3. The Kier molecular flexibility index (Phi) is 3.47. The van der Waals surface area contributed by atoms with Gasteiger partial charge in [0.1, 0.15) is 4.88 Å². The molecule has 0 aliphatic carbocycles. The first-order valence-electron chi connectivity index (χ1n) is 6.42. The van der Waals surface area contributed by atoms with Crippen LogP contribution in [0.1, 0.15) is 19.0 Å². The zero-order valence-electron chi connectivity index (χ0n) is 11.0. The minimum atomic E-state index is 0.488. The van der Waals surface area contributed by atoms with E-state index in [-0.39, 0.29) is 0 Å². The minimum absolute atomic E-state index is 0.488. The molecule has 0 bridgehead atoms. The van der Waals surface area contributed by atoms with Gasteiger partial charge in [-0.05, 0) is 6.42 Å². The fourth-order valence-corrected chi connectivity index (χ4v) is 2.76. The van der Waals surface area contributed by atoms with Crippen molar-refractivity contribution in [3.8, 4) is 22.2 Å². The number of thiazole rings is 1. The quantitative estimate of drug-likeness (QED) is 0.795. The van der Waals surface area contributed by atoms with Crippen LogP contribution in [0, 0.1) is 0 Å². The zero-order valence-corrected chi connectivity index (χ0v) is 11.9. The molecule has 2 aromatic heterocycles. The van der Waals surface area contributed by atoms with Crippen molar-refractivity contribution >= 4 is 16.5 Å². The summed E-state index contributed by atoms with van der Waals surface area (Å²) in [5.74, 6) is 1.07. The lowest BCUT2D eigenvalue weighted by Gasteiger charge is -1.94. The predicted octanol–water partition coefficient (Wildman–Crippen LogP) is 3.39. The molecule has 5 nitrogen and oxygen atoms in total. The second-order valence-electron chi connectivity index (χ2n) is 4.37. The average Bonchev–Trinajstić information content (AvgIpc) is 3.07. The van der Waals surface area contributed by atoms with E-state index in [2.05, 4.69) is 22.0 Å². The van der Waals surface area contributed by atoms with Gasteiger partial charge < -0.3 is 10.3 Å². The SMILES string of the molecule is CCCc1nc(N)sc1-c1nc(-c2ccccc2)no1. The number of hydrogen-bond acceptors (Lipinski definition) is 6. The lowest BCUT2D eigenvalue weighted by Crippen LogP contribution is -1.88. The smallest absolute Gasteiger partial charge is 0.270 e. The van der Waals surface area contributed by atoms with Gasteiger partial charge in [0.2, 0.25) is 5.82 Å². The lowest BCUT2D eigenvalue weighted by molar-refractivity contribution is 0.432. The van der Waals surface area contributed by atoms with Crippen molar-refractivity contribution in [1.29, 1.82) is 0 Å². The van der Waals surface area contributed by atoms with Crippen LogP contribution in [0.4, 0.5) is 5.13 Å². The summed E-state index contributed by atoms with van der Waals surface area (Å²) in [6.07, 6.45) is 1.85. The van der Waals surface area contributed by atoms with Gasteiger partial charge in [-0.15, -0.1) is 0 Å². The molecule has 0 aliphatic rings. The molecule has 2 heterocycles. The standard InChI is InChI=1S/C14H14N4OS/c1-2-6-10-11(20-14(15)16-10)13-17-12(18-19-13)9-7-4-3-5-8-9/h3-5,7-8H,2,6H2,1H3,(H2,15,16). The molecular weight excluding hydrogens is 272 g/mol. The Hall–Kier alpha value is -2.21. The molecule has 0 unspecified atom stereocenters. The van der Waals surface area contributed by atoms with Crippen LogP contribution >= 0.6 is 11.3 Å². The molecule has 6 heteroatoms. The van der Waals surface area contributed by atoms with Crippen molar-refractivity contribution < 1.29 is 4.52 Å². The summed E-state index contributed by atoms with van der Waals surface area (Å²) >= 11 is 1.39. The zero-order chi connectivity index (χ0) is 13.9. The van der Waals surface area contributed by atoms with Crippen molar-refractivity contribution in [2.24, 2.45) is 0 Å². The minimum Gasteiger partial charge on any atom is -0.375 e. The summed E-state index contributed by atoms with van der Waals surface area (Å²) < 4.78 is 5.36. The van der Waals surface area contributed by atoms with E-state index in [1.807, 2.05) is 30.3 Å². The summed E-state index contributed by atoms with van der Waals surface area (Å²) in [6.45, 7) is 2.10. The first-order valence-corrected chi connectivity index (χ1v) is 7.24. The van der Waals surface area contributed by atoms with Crippen LogP contribution in [0.2, 0.25) is 0 Å². The molecule has 0 radical (unpaired) electrons. The van der Waals surface area contributed by atoms with E-state index in [1.54, 1.807) is 0 Å². The number of hydrogen-bond donors (Lipinski definition) is 1. The van der Waals surface area contributed by atoms with Gasteiger partial charge in [-0.3, -0.25) is 0 Å². The van der Waals surface area contributed by atoms with Gasteiger partial charge in [-0.1, -0.05) is 60.2 Å². The van der Waals surface area contributed by atoms with Crippen LogP contribution in [0.3, 0.4) is 0 Å². The molecule has 0 aliphatic heterocycles. The number of nitrogen functional groups attached to an aromatic ring is 1. The fourth-order valence-electron chi connectivity index (χ4n) is 1.96. The van der Waals surface area contributed by atoms with Gasteiger partial charge >= 0.3 is 0 Å². The van der Waals surface area contributed by atoms with Crippen LogP contribution in [-0.4, -0.2) is 15.1 Å². The highest BCUT2D eigenvalue weighted by molar-refractivity contribution is 7.18. The van der Waals surface area contributed by atoms with Gasteiger partial charge in [-0.2, -0.15) is 4.98 Å². The molecule has 0 spiro atoms. The van der Waals surface area contributed by atoms with Crippen molar-refractivity contribution in [3.63, 3.8) is 0 Å². The molecule has 0 fully saturated rings. The Morgan fingerprint density at radius 1 is 1.20 bits per heavy atom. The number of anilines is 1. The summed E-state index contributed by atoms with van der Waals surface area (Å²) in [4.78, 5) is 9.65. The van der Waals surface area contributed by atoms with Crippen LogP contribution in [0.5, 0.6) is 0 Å². The molecular formula is C14H14N4OS. The number of aromatic nitrogens is 3. The third-order valence-electron chi connectivity index (χ3n) is 2.85. The molecule has 0 saturated heterocycles. The van der Waals surface area contributed by atoms with Gasteiger partial charge in [0.05, 0.1) is 5.69 Å². The predicted molar refractivity (Wildman–Crippen MR) is 79.2 cm³/mol. The molecule has 20 heavy (non-hydrogen) atoms. The van der Waals surface area contributed by atoms with Crippen molar-refractivity contribution in [1.82, 2.24) is 15.1 Å². The molecule has 0 saturated carbocycles. The summed E-state index contributed by atoms with van der Waals surface area (Å²) in [5.41, 5.74) is 7.64. The van der Waals surface area contributed by atoms with Gasteiger partial charge in [-0.25, -0.2) is 4.98 Å². The maximum Gasteiger partial charge on any atom is 0.270 e. The topological polar surface area (TPSA) is 77.8 Å². The van der Waals surface area contributed by atoms with Crippen LogP contribution in [0.15, 0.2) is 34.9 Å². The molecule has 1 aromatic carbocycles. The summed E-state index contributed by atoms with van der Waals surface area (Å²) in [6, 6.07) is 9.73. The van der Waals surface area contributed by atoms with Gasteiger partial charge in [0.25, 0.3) is 5.89 Å². The fraction of sp³-hybridized carbons (Fsp3) is 0.214. The molecule has 3 rings (SSSR count). The second-order valence-corrected chi connectivity index (χ2v) is 5.40. The first-order chi connectivity index (χ1) is 9.78. The van der Waals surface area contributed by atoms with Gasteiger partial charge in [0.15, 0.2) is 5.13 Å². The Balaban J connectivity index is 1.98. The number of rotatable bonds is 4. The van der Waals surface area contributed by atoms with E-state index in [4.69, 9.17) is 10.3 Å². The Morgan fingerprint density at radius 3 is 2.75 bits per heavy atom. The first kappa shape index (κ1) is 12.8. The van der Waals surface area contributed by atoms with E-state index < -0.39 is 0 Å². The van der Waals surface area contributed by atoms with E-state index >= 15 is 0 Å². The van der Waals surface area contributed by atoms with Crippen LogP contribution in [0.25, 0.3) is 22.2 Å². The average molecular weight is 286 g/mol. The molecule has 102 valence electrons. The van der Waals surface area contributed by atoms with Crippen LogP contribution < -0.4 is 5.73 Å². The molecule has 0 amide bonds. The summed E-state index contributed by atoms with van der Waals surface area (Å²) in [7, 11) is 0. The lowest BCUT2D eigenvalue weighted by atomic mass is 10.2. The van der Waals surface area contributed by atoms with E-state index in [1.165, 1.54) is 11.3 Å². The highest BCUT2D eigenvalue weighted by Gasteiger charge is 2.18. The number of benzene rings is 1. The third-order valence-corrected chi connectivity index (χ3v) is 3.77. The Labute approximate surface area is 120 Å². The summed E-state index contributed by atoms with van der Waals surface area (Å²) in [5, 5.41) is 4.56. The highest BCUT2D eigenvalue weighted by Crippen LogP contribution is 2.32. The third kappa shape index (κ3) is 2.42. The maximum absolute atomic E-state index is 5.78. The van der Waals surface area contributed by atoms with E-state index in [0.717, 1.165) is 29.0 Å². The highest BCUT2D eigenvalue weighted by atomic mass is 32.1.